The van der Waals surface area contributed by atoms with Crippen LogP contribution in [0.5, 0.6) is 0 Å². The maximum atomic E-state index is 6.46. The summed E-state index contributed by atoms with van der Waals surface area (Å²) in [5, 5.41) is 2.00. The quantitative estimate of drug-likeness (QED) is 0.713. The minimum absolute atomic E-state index is 1.000. The van der Waals surface area contributed by atoms with E-state index in [1.807, 2.05) is 60.7 Å². The zero-order valence-electron chi connectivity index (χ0n) is 7.98. The van der Waals surface area contributed by atoms with E-state index in [2.05, 4.69) is 0 Å². The van der Waals surface area contributed by atoms with Crippen molar-refractivity contribution >= 4 is 39.1 Å². The van der Waals surface area contributed by atoms with E-state index in [-0.39, 0.29) is 0 Å². The van der Waals surface area contributed by atoms with Crippen molar-refractivity contribution < 1.29 is 0 Å². The summed E-state index contributed by atoms with van der Waals surface area (Å²) < 4.78 is 0. The van der Waals surface area contributed by atoms with Gasteiger partial charge in [0.25, 0.3) is 5.97 Å². The molecule has 0 unspecified atom stereocenters. The molecular formula is C12H10Cl2P+. The highest BCUT2D eigenvalue weighted by Gasteiger charge is 2.40. The van der Waals surface area contributed by atoms with Crippen LogP contribution in [0, 0.1) is 0 Å². The summed E-state index contributed by atoms with van der Waals surface area (Å²) >= 11 is 12.9. The summed E-state index contributed by atoms with van der Waals surface area (Å²) in [6, 6.07) is 19.6. The van der Waals surface area contributed by atoms with E-state index >= 15 is 0 Å². The predicted octanol–water partition coefficient (Wildman–Crippen LogP) is 3.96. The maximum Gasteiger partial charge on any atom is 0.275 e. The summed E-state index contributed by atoms with van der Waals surface area (Å²) in [5.74, 6) is -2.20. The van der Waals surface area contributed by atoms with Gasteiger partial charge in [-0.3, -0.25) is 0 Å². The minimum Gasteiger partial charge on any atom is -0.0620 e. The molecule has 0 saturated carbocycles. The van der Waals surface area contributed by atoms with Crippen LogP contribution in [0.15, 0.2) is 60.7 Å². The van der Waals surface area contributed by atoms with Gasteiger partial charge in [-0.2, -0.15) is 0 Å². The largest absolute Gasteiger partial charge is 0.275 e. The van der Waals surface area contributed by atoms with Crippen molar-refractivity contribution in [2.75, 3.05) is 0 Å². The Labute approximate surface area is 99.8 Å². The summed E-state index contributed by atoms with van der Waals surface area (Å²) in [6.07, 6.45) is 0. The molecule has 3 heteroatoms. The van der Waals surface area contributed by atoms with Gasteiger partial charge in [-0.05, 0) is 24.3 Å². The van der Waals surface area contributed by atoms with E-state index < -0.39 is 5.97 Å². The average molecular weight is 256 g/mol. The van der Waals surface area contributed by atoms with Gasteiger partial charge in [0.2, 0.25) is 0 Å². The summed E-state index contributed by atoms with van der Waals surface area (Å²) in [4.78, 5) is 0. The Bertz CT molecular complexity index is 384. The SMILES string of the molecule is Cl[P+](Cl)(c1ccccc1)c1ccccc1. The highest BCUT2D eigenvalue weighted by molar-refractivity contribution is 8.26. The average Bonchev–Trinajstić information content (AvgIpc) is 2.31. The molecule has 2 aromatic carbocycles. The first kappa shape index (κ1) is 11.0. The fraction of sp³-hybridized carbons (Fsp3) is 0. The van der Waals surface area contributed by atoms with Crippen LogP contribution in [0.1, 0.15) is 0 Å². The number of hydrogen-bond acceptors (Lipinski definition) is 0. The van der Waals surface area contributed by atoms with Gasteiger partial charge in [-0.15, -0.1) is 0 Å². The van der Waals surface area contributed by atoms with E-state index in [4.69, 9.17) is 22.5 Å². The fourth-order valence-electron chi connectivity index (χ4n) is 1.38. The fourth-order valence-corrected chi connectivity index (χ4v) is 4.12. The Morgan fingerprint density at radius 1 is 0.600 bits per heavy atom. The molecule has 0 saturated heterocycles. The Morgan fingerprint density at radius 2 is 0.933 bits per heavy atom. The minimum atomic E-state index is -2.20. The molecule has 0 atom stereocenters. The first-order valence-corrected chi connectivity index (χ1v) is 8.21. The highest BCUT2D eigenvalue weighted by atomic mass is 35.9. The third kappa shape index (κ3) is 2.34. The van der Waals surface area contributed by atoms with Crippen LogP contribution in [0.2, 0.25) is 0 Å². The van der Waals surface area contributed by atoms with E-state index in [0.717, 1.165) is 10.6 Å². The Hall–Kier alpha value is -0.550. The number of hydrogen-bond donors (Lipinski definition) is 0. The van der Waals surface area contributed by atoms with Crippen LogP contribution < -0.4 is 10.6 Å². The zero-order chi connectivity index (χ0) is 10.7. The monoisotopic (exact) mass is 255 g/mol. The van der Waals surface area contributed by atoms with Crippen LogP contribution in [-0.2, 0) is 0 Å². The number of halogens is 2. The van der Waals surface area contributed by atoms with Gasteiger partial charge < -0.3 is 0 Å². The van der Waals surface area contributed by atoms with Crippen LogP contribution >= 0.6 is 28.4 Å². The van der Waals surface area contributed by atoms with E-state index in [0.29, 0.717) is 0 Å². The molecule has 76 valence electrons. The summed E-state index contributed by atoms with van der Waals surface area (Å²) in [7, 11) is 0. The second-order valence-corrected chi connectivity index (χ2v) is 8.81. The molecule has 0 aliphatic carbocycles. The van der Waals surface area contributed by atoms with Gasteiger partial charge in [0.05, 0.1) is 0 Å². The molecule has 0 nitrogen and oxygen atoms in total. The smallest absolute Gasteiger partial charge is 0.0620 e. The molecule has 2 rings (SSSR count). The van der Waals surface area contributed by atoms with Crippen molar-refractivity contribution in [3.8, 4) is 0 Å². The molecule has 0 N–H and O–H groups in total. The van der Waals surface area contributed by atoms with Crippen LogP contribution in [0.4, 0.5) is 0 Å². The van der Waals surface area contributed by atoms with Crippen molar-refractivity contribution in [3.05, 3.63) is 60.7 Å². The van der Waals surface area contributed by atoms with Crippen molar-refractivity contribution in [1.29, 1.82) is 0 Å². The van der Waals surface area contributed by atoms with Crippen molar-refractivity contribution in [2.45, 2.75) is 0 Å². The first-order valence-electron chi connectivity index (χ1n) is 4.61. The zero-order valence-corrected chi connectivity index (χ0v) is 10.4. The van der Waals surface area contributed by atoms with Crippen molar-refractivity contribution in [2.24, 2.45) is 0 Å². The standard InChI is InChI=1S/C12H10Cl2P/c13-15(14,11-7-3-1-4-8-11)12-9-5-2-6-10-12/h1-10H/q+1. The van der Waals surface area contributed by atoms with Gasteiger partial charge in [0.1, 0.15) is 33.1 Å². The molecule has 0 aromatic heterocycles. The highest BCUT2D eigenvalue weighted by Crippen LogP contribution is 2.66. The second kappa shape index (κ2) is 4.53. The molecule has 15 heavy (non-hydrogen) atoms. The van der Waals surface area contributed by atoms with Gasteiger partial charge in [-0.25, -0.2) is 0 Å². The molecule has 0 fully saturated rings. The first-order chi connectivity index (χ1) is 7.21. The summed E-state index contributed by atoms with van der Waals surface area (Å²) in [5.41, 5.74) is 0. The molecule has 2 aromatic rings. The van der Waals surface area contributed by atoms with Crippen LogP contribution in [-0.4, -0.2) is 0 Å². The third-order valence-electron chi connectivity index (χ3n) is 2.16. The van der Waals surface area contributed by atoms with E-state index in [1.54, 1.807) is 0 Å². The van der Waals surface area contributed by atoms with Gasteiger partial charge in [-0.1, -0.05) is 36.4 Å². The molecule has 0 aliphatic heterocycles. The van der Waals surface area contributed by atoms with Crippen molar-refractivity contribution in [3.63, 3.8) is 0 Å². The lowest BCUT2D eigenvalue weighted by atomic mass is 10.4. The van der Waals surface area contributed by atoms with Crippen molar-refractivity contribution in [1.82, 2.24) is 0 Å². The van der Waals surface area contributed by atoms with E-state index in [1.165, 1.54) is 0 Å². The maximum absolute atomic E-state index is 6.46. The molecule has 0 radical (unpaired) electrons. The third-order valence-corrected chi connectivity index (χ3v) is 6.40. The molecule has 0 aliphatic rings. The Kier molecular flexibility index (Phi) is 3.31. The molecule has 0 heterocycles. The van der Waals surface area contributed by atoms with Gasteiger partial charge in [0.15, 0.2) is 0 Å². The molecule has 0 amide bonds. The van der Waals surface area contributed by atoms with Gasteiger partial charge >= 0.3 is 0 Å². The van der Waals surface area contributed by atoms with Gasteiger partial charge in [0, 0.05) is 0 Å². The normalized spacial score (nSPS) is 11.3. The number of rotatable bonds is 2. The van der Waals surface area contributed by atoms with Crippen LogP contribution in [0.25, 0.3) is 0 Å². The Morgan fingerprint density at radius 3 is 1.27 bits per heavy atom. The predicted molar refractivity (Wildman–Crippen MR) is 70.8 cm³/mol. The summed E-state index contributed by atoms with van der Waals surface area (Å²) in [6.45, 7) is 0. The number of benzene rings is 2. The lowest BCUT2D eigenvalue weighted by molar-refractivity contribution is 1.76. The lowest BCUT2D eigenvalue weighted by Gasteiger charge is -2.08. The molecular weight excluding hydrogens is 246 g/mol. The topological polar surface area (TPSA) is 0 Å². The van der Waals surface area contributed by atoms with Crippen LogP contribution in [0.3, 0.4) is 0 Å². The second-order valence-electron chi connectivity index (χ2n) is 3.18. The van der Waals surface area contributed by atoms with E-state index in [9.17, 15) is 0 Å². The molecule has 0 spiro atoms. The lowest BCUT2D eigenvalue weighted by Crippen LogP contribution is -2.13. The Balaban J connectivity index is 2.44. The molecule has 0 bridgehead atoms.